The maximum Gasteiger partial charge on any atom is 0.326 e. The number of aromatic amines is 1. The van der Waals surface area contributed by atoms with Gasteiger partial charge < -0.3 is 15.0 Å². The Morgan fingerprint density at radius 2 is 2.32 bits per heavy atom. The lowest BCUT2D eigenvalue weighted by atomic mass is 10.1. The van der Waals surface area contributed by atoms with Crippen molar-refractivity contribution < 1.29 is 9.53 Å². The molecule has 0 saturated heterocycles. The molecule has 19 heavy (non-hydrogen) atoms. The molecule has 0 aliphatic heterocycles. The second-order valence-electron chi connectivity index (χ2n) is 4.28. The molecule has 0 aliphatic rings. The minimum atomic E-state index is -0.816. The van der Waals surface area contributed by atoms with Gasteiger partial charge in [0.15, 0.2) is 5.16 Å². The van der Waals surface area contributed by atoms with Gasteiger partial charge in [0, 0.05) is 17.5 Å². The number of H-pyrrole nitrogens is 1. The van der Waals surface area contributed by atoms with Crippen molar-refractivity contribution in [2.45, 2.75) is 31.5 Å². The van der Waals surface area contributed by atoms with Crippen LogP contribution in [0.3, 0.4) is 0 Å². The van der Waals surface area contributed by atoms with Crippen LogP contribution in [-0.2, 0) is 9.53 Å². The molecule has 0 saturated carbocycles. The Morgan fingerprint density at radius 1 is 1.63 bits per heavy atom. The molecule has 1 aromatic rings. The van der Waals surface area contributed by atoms with Crippen LogP contribution in [-0.4, -0.2) is 40.9 Å². The third kappa shape index (κ3) is 4.36. The molecule has 0 fully saturated rings. The van der Waals surface area contributed by atoms with Gasteiger partial charge in [0.05, 0.1) is 6.61 Å². The summed E-state index contributed by atoms with van der Waals surface area (Å²) in [6.45, 7) is 5.61. The van der Waals surface area contributed by atoms with Crippen molar-refractivity contribution in [2.24, 2.45) is 0 Å². The van der Waals surface area contributed by atoms with Crippen LogP contribution in [0.5, 0.6) is 0 Å². The van der Waals surface area contributed by atoms with Crippen LogP contribution in [0.1, 0.15) is 19.5 Å². The summed E-state index contributed by atoms with van der Waals surface area (Å²) in [5, 5.41) is 3.44. The summed E-state index contributed by atoms with van der Waals surface area (Å²) < 4.78 is 5.03. The van der Waals surface area contributed by atoms with Gasteiger partial charge in [-0.05, 0) is 27.8 Å². The first kappa shape index (κ1) is 15.7. The van der Waals surface area contributed by atoms with Gasteiger partial charge in [-0.15, -0.1) is 0 Å². The van der Waals surface area contributed by atoms with E-state index in [9.17, 15) is 9.59 Å². The van der Waals surface area contributed by atoms with E-state index in [4.69, 9.17) is 4.74 Å². The first-order chi connectivity index (χ1) is 8.91. The summed E-state index contributed by atoms with van der Waals surface area (Å²) in [4.78, 5) is 30.0. The largest absolute Gasteiger partial charge is 0.465 e. The van der Waals surface area contributed by atoms with E-state index < -0.39 is 5.54 Å². The highest BCUT2D eigenvalue weighted by Crippen LogP contribution is 2.19. The minimum Gasteiger partial charge on any atom is -0.465 e. The Balaban J connectivity index is 2.77. The third-order valence-electron chi connectivity index (χ3n) is 2.62. The zero-order chi connectivity index (χ0) is 14.5. The molecule has 1 unspecified atom stereocenters. The number of carbonyl (C=O) groups excluding carboxylic acids is 1. The maximum absolute atomic E-state index is 11.9. The molecule has 1 aromatic heterocycles. The highest BCUT2D eigenvalue weighted by Gasteiger charge is 2.33. The predicted molar refractivity (Wildman–Crippen MR) is 74.4 cm³/mol. The number of hydrogen-bond donors (Lipinski definition) is 2. The van der Waals surface area contributed by atoms with Gasteiger partial charge in [0.2, 0.25) is 0 Å². The number of thioether (sulfide) groups is 1. The Bertz CT molecular complexity index is 503. The smallest absolute Gasteiger partial charge is 0.326 e. The summed E-state index contributed by atoms with van der Waals surface area (Å²) in [5.74, 6) is 0.0920. The second kappa shape index (κ2) is 6.72. The van der Waals surface area contributed by atoms with Crippen molar-refractivity contribution in [3.8, 4) is 0 Å². The van der Waals surface area contributed by atoms with E-state index >= 15 is 0 Å². The highest BCUT2D eigenvalue weighted by atomic mass is 32.2. The second-order valence-corrected chi connectivity index (χ2v) is 5.25. The van der Waals surface area contributed by atoms with Crippen LogP contribution in [0, 0.1) is 6.92 Å². The molecule has 0 amide bonds. The quantitative estimate of drug-likeness (QED) is 0.455. The number of likely N-dealkylation sites (N-methyl/N-ethyl adjacent to an activating group) is 1. The monoisotopic (exact) mass is 285 g/mol. The topological polar surface area (TPSA) is 84.1 Å². The zero-order valence-corrected chi connectivity index (χ0v) is 12.4. The van der Waals surface area contributed by atoms with E-state index in [0.29, 0.717) is 23.2 Å². The molecule has 0 radical (unpaired) electrons. The van der Waals surface area contributed by atoms with Crippen LogP contribution < -0.4 is 10.9 Å². The standard InChI is InChI=1S/C12H19N3O3S/c1-5-18-10(17)12(3,13-4)7-19-11-14-8(2)6-9(16)15-11/h6,13H,5,7H2,1-4H3,(H,14,15,16). The highest BCUT2D eigenvalue weighted by molar-refractivity contribution is 7.99. The number of ether oxygens (including phenoxy) is 1. The first-order valence-electron chi connectivity index (χ1n) is 5.98. The lowest BCUT2D eigenvalue weighted by Crippen LogP contribution is -2.50. The molecule has 2 N–H and O–H groups in total. The van der Waals surface area contributed by atoms with Gasteiger partial charge in [-0.25, -0.2) is 4.98 Å². The number of hydrogen-bond acceptors (Lipinski definition) is 6. The Kier molecular flexibility index (Phi) is 5.56. The van der Waals surface area contributed by atoms with Gasteiger partial charge >= 0.3 is 5.97 Å². The summed E-state index contributed by atoms with van der Waals surface area (Å²) in [6.07, 6.45) is 0. The molecule has 0 bridgehead atoms. The van der Waals surface area contributed by atoms with Gasteiger partial charge in [0.25, 0.3) is 5.56 Å². The molecule has 1 atom stereocenters. The van der Waals surface area contributed by atoms with Gasteiger partial charge in [0.1, 0.15) is 5.54 Å². The molecule has 6 nitrogen and oxygen atoms in total. The van der Waals surface area contributed by atoms with Crippen LogP contribution in [0.4, 0.5) is 0 Å². The normalized spacial score (nSPS) is 13.9. The number of aromatic nitrogens is 2. The summed E-state index contributed by atoms with van der Waals surface area (Å²) in [6, 6.07) is 1.42. The van der Waals surface area contributed by atoms with E-state index in [0.717, 1.165) is 0 Å². The molecule has 1 rings (SSSR count). The third-order valence-corrected chi connectivity index (χ3v) is 3.81. The molecule has 0 aliphatic carbocycles. The molecule has 0 aromatic carbocycles. The van der Waals surface area contributed by atoms with Crippen molar-refractivity contribution in [2.75, 3.05) is 19.4 Å². The lowest BCUT2D eigenvalue weighted by Gasteiger charge is -2.25. The fourth-order valence-electron chi connectivity index (χ4n) is 1.36. The van der Waals surface area contributed by atoms with Crippen molar-refractivity contribution in [3.05, 3.63) is 22.1 Å². The van der Waals surface area contributed by atoms with E-state index in [1.54, 1.807) is 27.8 Å². The SMILES string of the molecule is CCOC(=O)C(C)(CSc1nc(C)cc(=O)[nH]1)NC. The van der Waals surface area contributed by atoms with E-state index in [1.807, 2.05) is 0 Å². The number of rotatable bonds is 6. The maximum atomic E-state index is 11.9. The summed E-state index contributed by atoms with van der Waals surface area (Å²) in [5.41, 5.74) is -0.367. The Hall–Kier alpha value is -1.34. The molecular formula is C12H19N3O3S. The lowest BCUT2D eigenvalue weighted by molar-refractivity contribution is -0.149. The van der Waals surface area contributed by atoms with Crippen LogP contribution in [0.2, 0.25) is 0 Å². The van der Waals surface area contributed by atoms with Gasteiger partial charge in [-0.3, -0.25) is 9.59 Å². The zero-order valence-electron chi connectivity index (χ0n) is 11.6. The number of nitrogens with zero attached hydrogens (tertiary/aromatic N) is 1. The van der Waals surface area contributed by atoms with E-state index in [-0.39, 0.29) is 11.5 Å². The van der Waals surface area contributed by atoms with Crippen LogP contribution in [0.15, 0.2) is 16.0 Å². The number of nitrogens with one attached hydrogen (secondary N) is 2. The summed E-state index contributed by atoms with van der Waals surface area (Å²) >= 11 is 1.30. The summed E-state index contributed by atoms with van der Waals surface area (Å²) in [7, 11) is 1.70. The fraction of sp³-hybridized carbons (Fsp3) is 0.583. The Morgan fingerprint density at radius 3 is 2.84 bits per heavy atom. The molecule has 7 heteroatoms. The van der Waals surface area contributed by atoms with E-state index in [1.165, 1.54) is 17.8 Å². The van der Waals surface area contributed by atoms with Crippen molar-refractivity contribution in [1.82, 2.24) is 15.3 Å². The average Bonchev–Trinajstić information content (AvgIpc) is 2.35. The molecule has 1 heterocycles. The van der Waals surface area contributed by atoms with Crippen molar-refractivity contribution in [1.29, 1.82) is 0 Å². The average molecular weight is 285 g/mol. The van der Waals surface area contributed by atoms with Crippen molar-refractivity contribution >= 4 is 17.7 Å². The van der Waals surface area contributed by atoms with Crippen LogP contribution >= 0.6 is 11.8 Å². The predicted octanol–water partition coefficient (Wildman–Crippen LogP) is 0.712. The van der Waals surface area contributed by atoms with E-state index in [2.05, 4.69) is 15.3 Å². The number of carbonyl (C=O) groups is 1. The molecular weight excluding hydrogens is 266 g/mol. The molecule has 0 spiro atoms. The first-order valence-corrected chi connectivity index (χ1v) is 6.96. The van der Waals surface area contributed by atoms with Crippen molar-refractivity contribution in [3.63, 3.8) is 0 Å². The number of esters is 1. The molecule has 106 valence electrons. The number of aryl methyl sites for hydroxylation is 1. The Labute approximate surface area is 116 Å². The van der Waals surface area contributed by atoms with Gasteiger partial charge in [-0.2, -0.15) is 0 Å². The fourth-order valence-corrected chi connectivity index (χ4v) is 2.43. The minimum absolute atomic E-state index is 0.197. The van der Waals surface area contributed by atoms with Gasteiger partial charge in [-0.1, -0.05) is 11.8 Å². The van der Waals surface area contributed by atoms with Crippen LogP contribution in [0.25, 0.3) is 0 Å².